The highest BCUT2D eigenvalue weighted by Gasteiger charge is 2.52. The Balaban J connectivity index is 1.37. The van der Waals surface area contributed by atoms with Gasteiger partial charge in [0, 0.05) is 27.4 Å². The summed E-state index contributed by atoms with van der Waals surface area (Å²) in [5, 5.41) is 6.43. The molecule has 1 fully saturated rings. The lowest BCUT2D eigenvalue weighted by Gasteiger charge is -2.26. The molecule has 0 atom stereocenters. The van der Waals surface area contributed by atoms with Gasteiger partial charge in [-0.25, -0.2) is 21.6 Å². The molecule has 1 N–H and O–H groups in total. The number of hydrogen-bond acceptors (Lipinski definition) is 7. The summed E-state index contributed by atoms with van der Waals surface area (Å²) in [5.41, 5.74) is -1.30. The number of rotatable bonds is 10. The molecule has 4 aromatic rings. The van der Waals surface area contributed by atoms with Crippen LogP contribution in [0.2, 0.25) is 10.0 Å². The summed E-state index contributed by atoms with van der Waals surface area (Å²) in [4.78, 5) is 17.2. The van der Waals surface area contributed by atoms with Crippen molar-refractivity contribution in [1.82, 2.24) is 10.1 Å². The number of anilines is 2. The predicted molar refractivity (Wildman–Crippen MR) is 157 cm³/mol. The molecule has 3 aromatic carbocycles. The Bertz CT molecular complexity index is 1910. The van der Waals surface area contributed by atoms with Gasteiger partial charge in [0.2, 0.25) is 5.91 Å². The maximum Gasteiger partial charge on any atom is 0.405 e. The average Bonchev–Trinajstić information content (AvgIpc) is 3.58. The lowest BCUT2D eigenvalue weighted by molar-refractivity contribution is -0.122. The second-order valence-corrected chi connectivity index (χ2v) is 13.6. The van der Waals surface area contributed by atoms with E-state index in [1.54, 1.807) is 0 Å². The molecule has 17 heteroatoms. The van der Waals surface area contributed by atoms with E-state index in [0.29, 0.717) is 35.4 Å². The highest BCUT2D eigenvalue weighted by atomic mass is 35.5. The molecular formula is C29H22Cl2F6N4O4S. The number of carbonyl (C=O) groups is 1. The van der Waals surface area contributed by atoms with Gasteiger partial charge in [-0.1, -0.05) is 35.3 Å². The van der Waals surface area contributed by atoms with Gasteiger partial charge in [0.15, 0.2) is 15.7 Å². The van der Waals surface area contributed by atoms with Gasteiger partial charge in [0.25, 0.3) is 5.89 Å². The number of benzene rings is 3. The predicted octanol–water partition coefficient (Wildman–Crippen LogP) is 7.34. The summed E-state index contributed by atoms with van der Waals surface area (Å²) in [6.45, 7) is -1.35. The second-order valence-electron chi connectivity index (χ2n) is 10.5. The van der Waals surface area contributed by atoms with Crippen LogP contribution in [0.5, 0.6) is 0 Å². The molecular weight excluding hydrogens is 685 g/mol. The minimum Gasteiger partial charge on any atom is -0.351 e. The first-order valence-electron chi connectivity index (χ1n) is 13.5. The SMILES string of the molecule is CCS(=O)(=O)c1ccc(N(CC(=O)Nc2cc(Cl)c(C3(c4noc(-c5ccc(F)cc5F)n4)CC3)c(Cl)c2)CC(F)(F)F)c(F)c1. The Hall–Kier alpha value is -3.82. The molecule has 8 nitrogen and oxygen atoms in total. The van der Waals surface area contributed by atoms with Gasteiger partial charge in [-0.3, -0.25) is 4.79 Å². The minimum absolute atomic E-state index is 0.0125. The molecule has 0 radical (unpaired) electrons. The van der Waals surface area contributed by atoms with Crippen molar-refractivity contribution in [1.29, 1.82) is 0 Å². The lowest BCUT2D eigenvalue weighted by Crippen LogP contribution is -2.40. The van der Waals surface area contributed by atoms with Crippen LogP contribution in [0.4, 0.5) is 37.7 Å². The van der Waals surface area contributed by atoms with Gasteiger partial charge < -0.3 is 14.7 Å². The van der Waals surface area contributed by atoms with Crippen molar-refractivity contribution in [3.8, 4) is 11.5 Å². The zero-order valence-corrected chi connectivity index (χ0v) is 25.9. The quantitative estimate of drug-likeness (QED) is 0.172. The molecule has 0 spiro atoms. The third kappa shape index (κ3) is 6.95. The molecule has 5 rings (SSSR count). The molecule has 0 unspecified atom stereocenters. The van der Waals surface area contributed by atoms with Crippen molar-refractivity contribution in [2.45, 2.75) is 36.3 Å². The van der Waals surface area contributed by atoms with Crippen LogP contribution in [0.1, 0.15) is 31.2 Å². The number of hydrogen-bond donors (Lipinski definition) is 1. The summed E-state index contributed by atoms with van der Waals surface area (Å²) in [7, 11) is -3.84. The zero-order chi connectivity index (χ0) is 33.6. The van der Waals surface area contributed by atoms with Crippen LogP contribution < -0.4 is 10.2 Å². The van der Waals surface area contributed by atoms with Crippen molar-refractivity contribution in [2.75, 3.05) is 29.1 Å². The van der Waals surface area contributed by atoms with Crippen LogP contribution in [0.15, 0.2) is 57.9 Å². The van der Waals surface area contributed by atoms with Crippen LogP contribution in [-0.4, -0.2) is 49.5 Å². The highest BCUT2D eigenvalue weighted by Crippen LogP contribution is 2.57. The average molecular weight is 707 g/mol. The van der Waals surface area contributed by atoms with E-state index in [4.69, 9.17) is 27.7 Å². The third-order valence-electron chi connectivity index (χ3n) is 7.27. The fraction of sp³-hybridized carbons (Fsp3) is 0.276. The maximum atomic E-state index is 14.9. The van der Waals surface area contributed by atoms with Gasteiger partial charge >= 0.3 is 6.18 Å². The number of sulfone groups is 1. The maximum absolute atomic E-state index is 14.9. The number of nitrogens with zero attached hydrogens (tertiary/aromatic N) is 3. The Kier molecular flexibility index (Phi) is 9.05. The van der Waals surface area contributed by atoms with Gasteiger partial charge in [-0.15, -0.1) is 0 Å². The smallest absolute Gasteiger partial charge is 0.351 e. The van der Waals surface area contributed by atoms with E-state index < -0.39 is 68.5 Å². The van der Waals surface area contributed by atoms with Gasteiger partial charge in [0.05, 0.1) is 33.9 Å². The van der Waals surface area contributed by atoms with Crippen LogP contribution >= 0.6 is 23.2 Å². The number of carbonyl (C=O) groups excluding carboxylic acids is 1. The summed E-state index contributed by atoms with van der Waals surface area (Å²) < 4.78 is 112. The van der Waals surface area contributed by atoms with Crippen LogP contribution in [0.25, 0.3) is 11.5 Å². The first-order valence-corrected chi connectivity index (χ1v) is 15.9. The lowest BCUT2D eigenvalue weighted by atomic mass is 9.94. The number of amides is 1. The second kappa shape index (κ2) is 12.4. The molecule has 0 aliphatic heterocycles. The topological polar surface area (TPSA) is 105 Å². The van der Waals surface area contributed by atoms with Gasteiger partial charge in [-0.2, -0.15) is 18.2 Å². The van der Waals surface area contributed by atoms with Crippen molar-refractivity contribution in [3.05, 3.63) is 87.4 Å². The first kappa shape index (κ1) is 33.5. The highest BCUT2D eigenvalue weighted by molar-refractivity contribution is 7.91. The molecule has 1 aromatic heterocycles. The number of aromatic nitrogens is 2. The van der Waals surface area contributed by atoms with E-state index in [-0.39, 0.29) is 38.8 Å². The van der Waals surface area contributed by atoms with Crippen LogP contribution in [-0.2, 0) is 20.0 Å². The minimum atomic E-state index is -4.84. The summed E-state index contributed by atoms with van der Waals surface area (Å²) in [6, 6.07) is 7.89. The van der Waals surface area contributed by atoms with E-state index in [1.165, 1.54) is 19.1 Å². The van der Waals surface area contributed by atoms with E-state index in [2.05, 4.69) is 15.5 Å². The zero-order valence-electron chi connectivity index (χ0n) is 23.6. The van der Waals surface area contributed by atoms with Crippen molar-refractivity contribution >= 4 is 50.3 Å². The van der Waals surface area contributed by atoms with Crippen molar-refractivity contribution in [2.24, 2.45) is 0 Å². The normalized spacial score (nSPS) is 14.3. The molecule has 1 aliphatic rings. The summed E-state index contributed by atoms with van der Waals surface area (Å²) in [6.07, 6.45) is -3.90. The Morgan fingerprint density at radius 2 is 1.70 bits per heavy atom. The number of halogens is 8. The van der Waals surface area contributed by atoms with Crippen LogP contribution in [0.3, 0.4) is 0 Å². The van der Waals surface area contributed by atoms with E-state index >= 15 is 0 Å². The molecule has 0 saturated heterocycles. The Labute approximate surface area is 268 Å². The molecule has 46 heavy (non-hydrogen) atoms. The first-order chi connectivity index (χ1) is 21.5. The molecule has 1 heterocycles. The Morgan fingerprint density at radius 3 is 2.26 bits per heavy atom. The van der Waals surface area contributed by atoms with Crippen molar-refractivity contribution < 1.29 is 44.1 Å². The standard InChI is InChI=1S/C29H22Cl2F6N4O4S/c1-2-46(43,44)17-4-6-23(22(34)12-17)41(14-29(35,36)37)13-24(42)38-16-10-19(30)25(20(31)11-16)28(7-8-28)27-39-26(45-40-27)18-5-3-15(32)9-21(18)33/h3-6,9-12H,2,7-8,13-14H2,1H3,(H,38,42). The number of alkyl halides is 3. The Morgan fingerprint density at radius 1 is 1.02 bits per heavy atom. The summed E-state index contributed by atoms with van der Waals surface area (Å²) >= 11 is 13.1. The van der Waals surface area contributed by atoms with E-state index in [1.807, 2.05) is 0 Å². The number of nitrogens with one attached hydrogen (secondary N) is 1. The molecule has 1 amide bonds. The fourth-order valence-electron chi connectivity index (χ4n) is 4.92. The van der Waals surface area contributed by atoms with E-state index in [0.717, 1.165) is 24.3 Å². The van der Waals surface area contributed by atoms with Gasteiger partial charge in [-0.05, 0) is 55.3 Å². The third-order valence-corrected chi connectivity index (χ3v) is 9.60. The van der Waals surface area contributed by atoms with Crippen LogP contribution in [0, 0.1) is 17.5 Å². The van der Waals surface area contributed by atoms with Crippen molar-refractivity contribution in [3.63, 3.8) is 0 Å². The monoisotopic (exact) mass is 706 g/mol. The fourth-order valence-corrected chi connectivity index (χ4v) is 6.66. The molecule has 0 bridgehead atoms. The van der Waals surface area contributed by atoms with E-state index in [9.17, 15) is 39.6 Å². The largest absolute Gasteiger partial charge is 0.405 e. The molecule has 1 aliphatic carbocycles. The summed E-state index contributed by atoms with van der Waals surface area (Å²) in [5.74, 6) is -4.36. The van der Waals surface area contributed by atoms with Gasteiger partial charge in [0.1, 0.15) is 24.0 Å². The molecule has 1 saturated carbocycles. The molecule has 244 valence electrons.